The smallest absolute Gasteiger partial charge is 0.319 e. The molecule has 2 amide bonds. The number of aryl methyl sites for hydroxylation is 2. The first-order valence-electron chi connectivity index (χ1n) is 13.5. The predicted octanol–water partition coefficient (Wildman–Crippen LogP) is 4.15. The number of benzene rings is 2. The molecule has 3 N–H and O–H groups in total. The lowest BCUT2D eigenvalue weighted by molar-refractivity contribution is 0.0558. The largest absolute Gasteiger partial charge is 0.390 e. The highest BCUT2D eigenvalue weighted by Gasteiger charge is 2.26. The maximum atomic E-state index is 13.2. The number of carbonyl (C=O) groups excluding carboxylic acids is 1. The molecule has 2 atom stereocenters. The monoisotopic (exact) mass is 523 g/mol. The number of anilines is 1. The number of tetrazole rings is 1. The van der Waals surface area contributed by atoms with Gasteiger partial charge in [0.2, 0.25) is 0 Å². The van der Waals surface area contributed by atoms with Crippen LogP contribution in [0, 0.1) is 5.82 Å². The van der Waals surface area contributed by atoms with E-state index in [0.29, 0.717) is 24.1 Å². The zero-order chi connectivity index (χ0) is 26.9. The van der Waals surface area contributed by atoms with E-state index in [1.165, 1.54) is 31.4 Å². The van der Waals surface area contributed by atoms with E-state index in [-0.39, 0.29) is 11.8 Å². The third kappa shape index (κ3) is 7.82. The molecule has 3 aromatic rings. The minimum absolute atomic E-state index is 0.221. The van der Waals surface area contributed by atoms with Crippen LogP contribution < -0.4 is 10.6 Å². The molecule has 1 aliphatic carbocycles. The Bertz CT molecular complexity index is 1160. The second-order valence-corrected chi connectivity index (χ2v) is 10.2. The van der Waals surface area contributed by atoms with Crippen LogP contribution >= 0.6 is 0 Å². The zero-order valence-corrected chi connectivity index (χ0v) is 22.2. The highest BCUT2D eigenvalue weighted by atomic mass is 19.1. The molecule has 1 heterocycles. The molecule has 2 aromatic carbocycles. The molecule has 1 aliphatic rings. The van der Waals surface area contributed by atoms with E-state index in [0.717, 1.165) is 43.4 Å². The summed E-state index contributed by atoms with van der Waals surface area (Å²) < 4.78 is 14.8. The molecule has 0 spiro atoms. The minimum Gasteiger partial charge on any atom is -0.390 e. The molecule has 1 aromatic heterocycles. The highest BCUT2D eigenvalue weighted by Crippen LogP contribution is 2.24. The summed E-state index contributed by atoms with van der Waals surface area (Å²) in [5.74, 6) is 0.377. The van der Waals surface area contributed by atoms with E-state index in [2.05, 4.69) is 31.1 Å². The number of halogens is 1. The SMILES string of the molecule is C[C@@H](NC(=O)Nc1cccc(-c2nnnn2C)c1)[C@H](O)CN(CCCc1ccc(F)cc1)C1CCCCC1. The summed E-state index contributed by atoms with van der Waals surface area (Å²) in [6.45, 7) is 3.16. The summed E-state index contributed by atoms with van der Waals surface area (Å²) >= 11 is 0. The first-order valence-corrected chi connectivity index (χ1v) is 13.5. The second kappa shape index (κ2) is 13.4. The number of nitrogens with zero attached hydrogens (tertiary/aromatic N) is 5. The first-order chi connectivity index (χ1) is 18.4. The van der Waals surface area contributed by atoms with E-state index in [4.69, 9.17) is 0 Å². The van der Waals surface area contributed by atoms with Gasteiger partial charge >= 0.3 is 6.03 Å². The van der Waals surface area contributed by atoms with Crippen molar-refractivity contribution in [2.24, 2.45) is 7.05 Å². The molecule has 0 radical (unpaired) electrons. The van der Waals surface area contributed by atoms with Crippen molar-refractivity contribution in [3.05, 3.63) is 59.9 Å². The van der Waals surface area contributed by atoms with E-state index in [1.807, 2.05) is 31.2 Å². The van der Waals surface area contributed by atoms with Crippen molar-refractivity contribution in [1.29, 1.82) is 0 Å². The number of amides is 2. The van der Waals surface area contributed by atoms with Gasteiger partial charge in [0.1, 0.15) is 5.82 Å². The van der Waals surface area contributed by atoms with E-state index < -0.39 is 12.1 Å². The summed E-state index contributed by atoms with van der Waals surface area (Å²) in [6.07, 6.45) is 6.99. The normalized spacial score (nSPS) is 15.8. The van der Waals surface area contributed by atoms with Gasteiger partial charge in [0.25, 0.3) is 0 Å². The Hall–Kier alpha value is -3.37. The molecule has 0 saturated heterocycles. The Morgan fingerprint density at radius 3 is 2.66 bits per heavy atom. The maximum absolute atomic E-state index is 13.2. The summed E-state index contributed by atoms with van der Waals surface area (Å²) in [4.78, 5) is 15.1. The molecule has 1 saturated carbocycles. The average Bonchev–Trinajstić information content (AvgIpc) is 3.35. The zero-order valence-electron chi connectivity index (χ0n) is 22.2. The fraction of sp³-hybridized carbons (Fsp3) is 0.500. The summed E-state index contributed by atoms with van der Waals surface area (Å²) in [5.41, 5.74) is 2.50. The van der Waals surface area contributed by atoms with Crippen LogP contribution in [0.4, 0.5) is 14.9 Å². The van der Waals surface area contributed by atoms with Gasteiger partial charge in [0.15, 0.2) is 5.82 Å². The summed E-state index contributed by atoms with van der Waals surface area (Å²) in [5, 5.41) is 28.3. The van der Waals surface area contributed by atoms with E-state index >= 15 is 0 Å². The van der Waals surface area contributed by atoms with Crippen molar-refractivity contribution in [1.82, 2.24) is 30.4 Å². The Balaban J connectivity index is 1.30. The maximum Gasteiger partial charge on any atom is 0.319 e. The van der Waals surface area contributed by atoms with Crippen LogP contribution in [-0.4, -0.2) is 67.5 Å². The van der Waals surface area contributed by atoms with E-state index in [9.17, 15) is 14.3 Å². The summed E-state index contributed by atoms with van der Waals surface area (Å²) in [6, 6.07) is 13.6. The Morgan fingerprint density at radius 2 is 1.95 bits per heavy atom. The highest BCUT2D eigenvalue weighted by molar-refractivity contribution is 5.90. The molecule has 10 heteroatoms. The number of aromatic nitrogens is 4. The first kappa shape index (κ1) is 27.7. The Morgan fingerprint density at radius 1 is 1.18 bits per heavy atom. The third-order valence-corrected chi connectivity index (χ3v) is 7.27. The van der Waals surface area contributed by atoms with Gasteiger partial charge in [-0.2, -0.15) is 0 Å². The molecule has 38 heavy (non-hydrogen) atoms. The van der Waals surface area contributed by atoms with Gasteiger partial charge in [-0.15, -0.1) is 5.10 Å². The molecular weight excluding hydrogens is 485 g/mol. The Kier molecular flexibility index (Phi) is 9.78. The quantitative estimate of drug-likeness (QED) is 0.348. The fourth-order valence-corrected chi connectivity index (χ4v) is 5.09. The van der Waals surface area contributed by atoms with Crippen LogP contribution in [0.3, 0.4) is 0 Å². The second-order valence-electron chi connectivity index (χ2n) is 10.2. The van der Waals surface area contributed by atoms with Gasteiger partial charge in [0.05, 0.1) is 12.1 Å². The van der Waals surface area contributed by atoms with Crippen LogP contribution in [-0.2, 0) is 13.5 Å². The van der Waals surface area contributed by atoms with Gasteiger partial charge in [-0.3, -0.25) is 4.90 Å². The molecule has 0 bridgehead atoms. The Labute approximate surface area is 223 Å². The van der Waals surface area contributed by atoms with Gasteiger partial charge in [-0.1, -0.05) is 43.5 Å². The van der Waals surface area contributed by atoms with Crippen LogP contribution in [0.2, 0.25) is 0 Å². The predicted molar refractivity (Wildman–Crippen MR) is 145 cm³/mol. The van der Waals surface area contributed by atoms with Crippen LogP contribution in [0.5, 0.6) is 0 Å². The number of rotatable bonds is 11. The van der Waals surface area contributed by atoms with Crippen LogP contribution in [0.1, 0.15) is 51.0 Å². The summed E-state index contributed by atoms with van der Waals surface area (Å²) in [7, 11) is 1.75. The molecule has 0 unspecified atom stereocenters. The van der Waals surface area contributed by atoms with Gasteiger partial charge < -0.3 is 15.7 Å². The van der Waals surface area contributed by atoms with Gasteiger partial charge in [-0.05, 0) is 79.4 Å². The molecule has 0 aliphatic heterocycles. The number of hydrogen-bond donors (Lipinski definition) is 3. The average molecular weight is 524 g/mol. The number of aliphatic hydroxyl groups excluding tert-OH is 1. The number of hydrogen-bond acceptors (Lipinski definition) is 6. The van der Waals surface area contributed by atoms with Crippen molar-refractivity contribution in [2.45, 2.75) is 70.1 Å². The topological polar surface area (TPSA) is 108 Å². The molecule has 204 valence electrons. The van der Waals surface area contributed by atoms with E-state index in [1.54, 1.807) is 23.9 Å². The number of urea groups is 1. The lowest BCUT2D eigenvalue weighted by Gasteiger charge is -2.37. The molecular formula is C28H38FN7O2. The standard InChI is InChI=1S/C28H38FN7O2/c1-20(30-28(38)31-24-10-6-9-22(18-24)27-32-33-34-35(27)2)26(37)19-36(25-11-4-3-5-12-25)17-7-8-21-13-15-23(29)16-14-21/h6,9-10,13-16,18,20,25-26,37H,3-5,7-8,11-12,17,19H2,1-2H3,(H2,30,31,38)/t20-,26-/m1/s1. The van der Waals surface area contributed by atoms with Crippen LogP contribution in [0.25, 0.3) is 11.4 Å². The van der Waals surface area contributed by atoms with Crippen molar-refractivity contribution >= 4 is 11.7 Å². The molecule has 4 rings (SSSR count). The van der Waals surface area contributed by atoms with Crippen molar-refractivity contribution in [3.63, 3.8) is 0 Å². The van der Waals surface area contributed by atoms with Crippen molar-refractivity contribution < 1.29 is 14.3 Å². The third-order valence-electron chi connectivity index (χ3n) is 7.27. The van der Waals surface area contributed by atoms with Gasteiger partial charge in [0, 0.05) is 30.9 Å². The van der Waals surface area contributed by atoms with Crippen molar-refractivity contribution in [3.8, 4) is 11.4 Å². The number of aliphatic hydroxyl groups is 1. The lowest BCUT2D eigenvalue weighted by Crippen LogP contribution is -2.50. The van der Waals surface area contributed by atoms with Gasteiger partial charge in [-0.25, -0.2) is 13.9 Å². The minimum atomic E-state index is -0.718. The number of nitrogens with one attached hydrogen (secondary N) is 2. The fourth-order valence-electron chi connectivity index (χ4n) is 5.09. The van der Waals surface area contributed by atoms with Crippen LogP contribution in [0.15, 0.2) is 48.5 Å². The molecule has 9 nitrogen and oxygen atoms in total. The number of carbonyl (C=O) groups is 1. The van der Waals surface area contributed by atoms with Crippen molar-refractivity contribution in [2.75, 3.05) is 18.4 Å². The molecule has 1 fully saturated rings. The lowest BCUT2D eigenvalue weighted by atomic mass is 9.93.